The van der Waals surface area contributed by atoms with Crippen LogP contribution in [0.25, 0.3) is 0 Å². The molecule has 0 aromatic carbocycles. The number of carbonyl (C=O) groups is 1. The van der Waals surface area contributed by atoms with Gasteiger partial charge in [0.2, 0.25) is 5.12 Å². The van der Waals surface area contributed by atoms with Gasteiger partial charge in [-0.3, -0.25) is 4.79 Å². The average molecular weight is 218 g/mol. The minimum Gasteiger partial charge on any atom is -0.748 e. The van der Waals surface area contributed by atoms with E-state index in [1.54, 1.807) is 0 Å². The molecule has 7 heteroatoms. The predicted octanol–water partition coefficient (Wildman–Crippen LogP) is -3.02. The van der Waals surface area contributed by atoms with E-state index in [1.807, 2.05) is 0 Å². The molecule has 0 aromatic rings. The van der Waals surface area contributed by atoms with Gasteiger partial charge in [-0.2, -0.15) is 0 Å². The summed E-state index contributed by atoms with van der Waals surface area (Å²) < 4.78 is 30.0. The van der Waals surface area contributed by atoms with Gasteiger partial charge in [-0.15, -0.1) is 0 Å². The van der Waals surface area contributed by atoms with Gasteiger partial charge >= 0.3 is 29.6 Å². The van der Waals surface area contributed by atoms with Gasteiger partial charge in [0.15, 0.2) is 0 Å². The number of rotatable bonds is 4. The summed E-state index contributed by atoms with van der Waals surface area (Å²) in [5.74, 6) is -0.520. The van der Waals surface area contributed by atoms with Gasteiger partial charge in [0.25, 0.3) is 0 Å². The fourth-order valence-corrected chi connectivity index (χ4v) is 1.77. The van der Waals surface area contributed by atoms with Crippen LogP contribution in [0.5, 0.6) is 0 Å². The van der Waals surface area contributed by atoms with E-state index in [0.29, 0.717) is 0 Å². The van der Waals surface area contributed by atoms with Crippen LogP contribution in [0.4, 0.5) is 0 Å². The zero-order chi connectivity index (χ0) is 8.91. The number of carbonyl (C=O) groups excluding carboxylic acids is 1. The molecular formula is C5H7NaO4S2. The van der Waals surface area contributed by atoms with Gasteiger partial charge in [-0.25, -0.2) is 8.42 Å². The Morgan fingerprint density at radius 3 is 2.42 bits per heavy atom. The van der Waals surface area contributed by atoms with Crippen molar-refractivity contribution in [1.29, 1.82) is 0 Å². The van der Waals surface area contributed by atoms with Crippen LogP contribution < -0.4 is 29.6 Å². The van der Waals surface area contributed by atoms with Crippen molar-refractivity contribution in [2.24, 2.45) is 0 Å². The molecule has 0 aliphatic rings. The van der Waals surface area contributed by atoms with E-state index in [-0.39, 0.29) is 40.4 Å². The van der Waals surface area contributed by atoms with Crippen molar-refractivity contribution in [2.75, 3.05) is 11.5 Å². The first-order valence-electron chi connectivity index (χ1n) is 2.68. The molecule has 0 spiro atoms. The maximum atomic E-state index is 10.4. The SMILES string of the molecule is C=CC(=O)SCCS(=O)(=O)[O-].[Na+]. The van der Waals surface area contributed by atoms with Crippen molar-refractivity contribution in [2.45, 2.75) is 0 Å². The summed E-state index contributed by atoms with van der Waals surface area (Å²) >= 11 is 0.767. The molecule has 0 rings (SSSR count). The molecule has 0 aliphatic carbocycles. The summed E-state index contributed by atoms with van der Waals surface area (Å²) in [5.41, 5.74) is 0. The first-order valence-corrected chi connectivity index (χ1v) is 5.25. The zero-order valence-electron chi connectivity index (χ0n) is 6.65. The van der Waals surface area contributed by atoms with Crippen LogP contribution in [0.3, 0.4) is 0 Å². The third-order valence-corrected chi connectivity index (χ3v) is 2.57. The van der Waals surface area contributed by atoms with Gasteiger partial charge in [0.05, 0.1) is 10.1 Å². The maximum absolute atomic E-state index is 10.4. The van der Waals surface area contributed by atoms with E-state index < -0.39 is 15.9 Å². The number of thioether (sulfide) groups is 1. The van der Waals surface area contributed by atoms with Crippen molar-refractivity contribution < 1.29 is 47.3 Å². The summed E-state index contributed by atoms with van der Waals surface area (Å²) in [5, 5.41) is -0.325. The number of hydrogen-bond donors (Lipinski definition) is 0. The predicted molar refractivity (Wildman–Crippen MR) is 42.2 cm³/mol. The van der Waals surface area contributed by atoms with E-state index in [2.05, 4.69) is 6.58 Å². The number of hydrogen-bond acceptors (Lipinski definition) is 5. The van der Waals surface area contributed by atoms with Crippen LogP contribution in [0.2, 0.25) is 0 Å². The van der Waals surface area contributed by atoms with E-state index in [9.17, 15) is 17.8 Å². The molecule has 0 saturated heterocycles. The van der Waals surface area contributed by atoms with E-state index >= 15 is 0 Å². The molecule has 0 heterocycles. The third kappa shape index (κ3) is 10.7. The molecule has 0 aromatic heterocycles. The molecule has 0 radical (unpaired) electrons. The fraction of sp³-hybridized carbons (Fsp3) is 0.400. The van der Waals surface area contributed by atoms with Crippen LogP contribution >= 0.6 is 11.8 Å². The van der Waals surface area contributed by atoms with Gasteiger partial charge in [-0.1, -0.05) is 18.3 Å². The maximum Gasteiger partial charge on any atom is 1.00 e. The standard InChI is InChI=1S/C5H8O4S2.Na/c1-2-5(6)10-3-4-11(7,8)9;/h2H,1,3-4H2,(H,7,8,9);/q;+1/p-1. The van der Waals surface area contributed by atoms with E-state index in [1.165, 1.54) is 0 Å². The van der Waals surface area contributed by atoms with Crippen LogP contribution in [0.1, 0.15) is 0 Å². The molecule has 0 fully saturated rings. The summed E-state index contributed by atoms with van der Waals surface area (Å²) in [6.45, 7) is 3.18. The van der Waals surface area contributed by atoms with Gasteiger partial charge in [0, 0.05) is 11.5 Å². The monoisotopic (exact) mass is 218 g/mol. The molecule has 64 valence electrons. The topological polar surface area (TPSA) is 74.3 Å². The first kappa shape index (κ1) is 15.2. The minimum absolute atomic E-state index is 0. The second-order valence-corrected chi connectivity index (χ2v) is 4.26. The molecule has 12 heavy (non-hydrogen) atoms. The smallest absolute Gasteiger partial charge is 0.748 e. The molecular weight excluding hydrogens is 211 g/mol. The summed E-state index contributed by atoms with van der Waals surface area (Å²) in [7, 11) is -4.19. The Bertz CT molecular complexity index is 246. The van der Waals surface area contributed by atoms with Crippen molar-refractivity contribution in [3.63, 3.8) is 0 Å². The Balaban J connectivity index is 0. The molecule has 0 bridgehead atoms. The van der Waals surface area contributed by atoms with Crippen LogP contribution in [0, 0.1) is 0 Å². The van der Waals surface area contributed by atoms with Crippen molar-refractivity contribution in [3.05, 3.63) is 12.7 Å². The molecule has 0 unspecified atom stereocenters. The Morgan fingerprint density at radius 1 is 1.58 bits per heavy atom. The summed E-state index contributed by atoms with van der Waals surface area (Å²) in [6, 6.07) is 0. The minimum atomic E-state index is -4.19. The quantitative estimate of drug-likeness (QED) is 0.285. The second kappa shape index (κ2) is 7.11. The van der Waals surface area contributed by atoms with Crippen molar-refractivity contribution in [3.8, 4) is 0 Å². The van der Waals surface area contributed by atoms with E-state index in [4.69, 9.17) is 0 Å². The molecule has 0 aliphatic heterocycles. The average Bonchev–Trinajstić information content (AvgIpc) is 1.85. The first-order chi connectivity index (χ1) is 4.95. The van der Waals surface area contributed by atoms with Gasteiger partial charge in [-0.05, 0) is 6.08 Å². The van der Waals surface area contributed by atoms with Gasteiger partial charge < -0.3 is 4.55 Å². The Kier molecular flexibility index (Phi) is 8.98. The second-order valence-electron chi connectivity index (χ2n) is 1.63. The van der Waals surface area contributed by atoms with E-state index in [0.717, 1.165) is 17.8 Å². The van der Waals surface area contributed by atoms with Crippen LogP contribution in [0.15, 0.2) is 12.7 Å². The summed E-state index contributed by atoms with van der Waals surface area (Å²) in [4.78, 5) is 10.4. The largest absolute Gasteiger partial charge is 1.00 e. The third-order valence-electron chi connectivity index (χ3n) is 0.744. The molecule has 0 amide bonds. The van der Waals surface area contributed by atoms with Crippen LogP contribution in [-0.4, -0.2) is 29.6 Å². The van der Waals surface area contributed by atoms with Crippen LogP contribution in [-0.2, 0) is 14.9 Å². The molecule has 0 atom stereocenters. The normalized spacial score (nSPS) is 10.1. The fourth-order valence-electron chi connectivity index (χ4n) is 0.303. The Labute approximate surface area is 97.8 Å². The molecule has 0 N–H and O–H groups in total. The zero-order valence-corrected chi connectivity index (χ0v) is 10.3. The Hall–Kier alpha value is 0.670. The molecule has 0 saturated carbocycles. The van der Waals surface area contributed by atoms with Crippen molar-refractivity contribution >= 4 is 27.0 Å². The molecule has 4 nitrogen and oxygen atoms in total. The van der Waals surface area contributed by atoms with Gasteiger partial charge in [0.1, 0.15) is 0 Å². The summed E-state index contributed by atoms with van der Waals surface area (Å²) in [6.07, 6.45) is 1.07. The Morgan fingerprint density at radius 2 is 2.08 bits per heavy atom. The van der Waals surface area contributed by atoms with Crippen molar-refractivity contribution in [1.82, 2.24) is 0 Å².